The van der Waals surface area contributed by atoms with Gasteiger partial charge in [-0.25, -0.2) is 9.18 Å². The Balaban J connectivity index is 2.21. The van der Waals surface area contributed by atoms with Crippen LogP contribution in [0.1, 0.15) is 23.2 Å². The van der Waals surface area contributed by atoms with Gasteiger partial charge in [-0.05, 0) is 31.0 Å². The quantitative estimate of drug-likeness (QED) is 0.811. The molecule has 1 saturated heterocycles. The highest BCUT2D eigenvalue weighted by molar-refractivity contribution is 5.90. The maximum Gasteiger partial charge on any atom is 0.340 e. The summed E-state index contributed by atoms with van der Waals surface area (Å²) in [5.41, 5.74) is 6.65. The van der Waals surface area contributed by atoms with E-state index >= 15 is 0 Å². The summed E-state index contributed by atoms with van der Waals surface area (Å²) in [6.45, 7) is 1.65. The number of rotatable bonds is 2. The molecule has 0 atom stereocenters. The molecule has 18 heavy (non-hydrogen) atoms. The van der Waals surface area contributed by atoms with Crippen LogP contribution < -0.4 is 10.6 Å². The largest absolute Gasteiger partial charge is 0.465 e. The number of ether oxygens (including phenoxy) is 1. The zero-order valence-electron chi connectivity index (χ0n) is 10.4. The molecule has 0 spiro atoms. The number of nitrogens with two attached hydrogens (primary N) is 1. The Labute approximate surface area is 106 Å². The molecule has 0 aromatic heterocycles. The van der Waals surface area contributed by atoms with Crippen LogP contribution in [0.25, 0.3) is 0 Å². The van der Waals surface area contributed by atoms with E-state index in [9.17, 15) is 9.18 Å². The SMILES string of the molecule is COC(=O)c1cc(N2CCC(N)CC2)ccc1F. The molecule has 0 radical (unpaired) electrons. The van der Waals surface area contributed by atoms with E-state index in [2.05, 4.69) is 9.64 Å². The van der Waals surface area contributed by atoms with E-state index in [-0.39, 0.29) is 11.6 Å². The van der Waals surface area contributed by atoms with Crippen molar-refractivity contribution in [3.05, 3.63) is 29.6 Å². The molecule has 0 saturated carbocycles. The number of esters is 1. The van der Waals surface area contributed by atoms with Gasteiger partial charge in [-0.15, -0.1) is 0 Å². The Bertz CT molecular complexity index is 443. The number of halogens is 1. The first kappa shape index (κ1) is 12.8. The lowest BCUT2D eigenvalue weighted by Crippen LogP contribution is -2.39. The van der Waals surface area contributed by atoms with Crippen molar-refractivity contribution in [3.8, 4) is 0 Å². The predicted octanol–water partition coefficient (Wildman–Crippen LogP) is 1.54. The van der Waals surface area contributed by atoms with Crippen LogP contribution in [0.3, 0.4) is 0 Å². The van der Waals surface area contributed by atoms with E-state index in [1.165, 1.54) is 19.2 Å². The molecule has 2 rings (SSSR count). The molecule has 5 heteroatoms. The highest BCUT2D eigenvalue weighted by Gasteiger charge is 2.19. The molecule has 1 aliphatic rings. The average molecular weight is 252 g/mol. The van der Waals surface area contributed by atoms with Crippen molar-refractivity contribution in [1.29, 1.82) is 0 Å². The lowest BCUT2D eigenvalue weighted by Gasteiger charge is -2.32. The molecule has 4 nitrogen and oxygen atoms in total. The summed E-state index contributed by atoms with van der Waals surface area (Å²) >= 11 is 0. The Morgan fingerprint density at radius 1 is 1.44 bits per heavy atom. The summed E-state index contributed by atoms with van der Waals surface area (Å²) in [4.78, 5) is 13.5. The van der Waals surface area contributed by atoms with Crippen molar-refractivity contribution >= 4 is 11.7 Å². The van der Waals surface area contributed by atoms with Gasteiger partial charge < -0.3 is 15.4 Å². The van der Waals surface area contributed by atoms with Crippen LogP contribution in [-0.4, -0.2) is 32.2 Å². The van der Waals surface area contributed by atoms with E-state index in [4.69, 9.17) is 5.73 Å². The molecule has 0 bridgehead atoms. The molecule has 0 amide bonds. The number of piperidine rings is 1. The van der Waals surface area contributed by atoms with E-state index in [1.54, 1.807) is 6.07 Å². The average Bonchev–Trinajstić information content (AvgIpc) is 2.39. The molecule has 2 N–H and O–H groups in total. The summed E-state index contributed by atoms with van der Waals surface area (Å²) < 4.78 is 18.1. The first-order valence-corrected chi connectivity index (χ1v) is 6.00. The smallest absolute Gasteiger partial charge is 0.340 e. The second-order valence-corrected chi connectivity index (χ2v) is 4.48. The second kappa shape index (κ2) is 5.35. The highest BCUT2D eigenvalue weighted by Crippen LogP contribution is 2.22. The first-order chi connectivity index (χ1) is 8.61. The molecule has 98 valence electrons. The van der Waals surface area contributed by atoms with Gasteiger partial charge in [-0.2, -0.15) is 0 Å². The standard InChI is InChI=1S/C13H17FN2O2/c1-18-13(17)11-8-10(2-3-12(11)14)16-6-4-9(15)5-7-16/h2-3,8-9H,4-7,15H2,1H3. The van der Waals surface area contributed by atoms with Crippen LogP contribution in [0, 0.1) is 5.82 Å². The van der Waals surface area contributed by atoms with E-state index in [0.29, 0.717) is 0 Å². The van der Waals surface area contributed by atoms with Crippen molar-refractivity contribution in [1.82, 2.24) is 0 Å². The maximum absolute atomic E-state index is 13.5. The van der Waals surface area contributed by atoms with Crippen molar-refractivity contribution in [2.75, 3.05) is 25.1 Å². The van der Waals surface area contributed by atoms with Crippen molar-refractivity contribution in [3.63, 3.8) is 0 Å². The minimum absolute atomic E-state index is 0.0233. The number of carbonyl (C=O) groups excluding carboxylic acids is 1. The molecule has 1 aromatic rings. The van der Waals surface area contributed by atoms with Gasteiger partial charge >= 0.3 is 5.97 Å². The summed E-state index contributed by atoms with van der Waals surface area (Å²) in [6, 6.07) is 4.76. The second-order valence-electron chi connectivity index (χ2n) is 4.48. The van der Waals surface area contributed by atoms with Crippen LogP contribution in [0.15, 0.2) is 18.2 Å². The Morgan fingerprint density at radius 3 is 2.72 bits per heavy atom. The van der Waals surface area contributed by atoms with Crippen LogP contribution in [-0.2, 0) is 4.74 Å². The molecule has 1 aliphatic heterocycles. The Morgan fingerprint density at radius 2 is 2.11 bits per heavy atom. The number of hydrogen-bond acceptors (Lipinski definition) is 4. The van der Waals surface area contributed by atoms with Crippen LogP contribution in [0.5, 0.6) is 0 Å². The number of anilines is 1. The lowest BCUT2D eigenvalue weighted by molar-refractivity contribution is 0.0595. The number of methoxy groups -OCH3 is 1. The van der Waals surface area contributed by atoms with E-state index < -0.39 is 11.8 Å². The van der Waals surface area contributed by atoms with E-state index in [1.807, 2.05) is 0 Å². The van der Waals surface area contributed by atoms with Crippen LogP contribution in [0.2, 0.25) is 0 Å². The Kier molecular flexibility index (Phi) is 3.81. The van der Waals surface area contributed by atoms with Gasteiger partial charge in [-0.3, -0.25) is 0 Å². The summed E-state index contributed by atoms with van der Waals surface area (Å²) in [5, 5.41) is 0. The normalized spacial score (nSPS) is 16.7. The van der Waals surface area contributed by atoms with Gasteiger partial charge in [0.05, 0.1) is 12.7 Å². The number of nitrogens with zero attached hydrogens (tertiary/aromatic N) is 1. The fraction of sp³-hybridized carbons (Fsp3) is 0.462. The number of benzene rings is 1. The minimum Gasteiger partial charge on any atom is -0.465 e. The fourth-order valence-corrected chi connectivity index (χ4v) is 2.13. The molecular formula is C13H17FN2O2. The van der Waals surface area contributed by atoms with Gasteiger partial charge in [0.15, 0.2) is 0 Å². The zero-order chi connectivity index (χ0) is 13.1. The summed E-state index contributed by atoms with van der Waals surface area (Å²) in [6.07, 6.45) is 1.82. The highest BCUT2D eigenvalue weighted by atomic mass is 19.1. The molecular weight excluding hydrogens is 235 g/mol. The van der Waals surface area contributed by atoms with Crippen molar-refractivity contribution in [2.45, 2.75) is 18.9 Å². The maximum atomic E-state index is 13.5. The minimum atomic E-state index is -0.650. The third-order valence-corrected chi connectivity index (χ3v) is 3.26. The monoisotopic (exact) mass is 252 g/mol. The van der Waals surface area contributed by atoms with Gasteiger partial charge in [0.1, 0.15) is 5.82 Å². The zero-order valence-corrected chi connectivity index (χ0v) is 10.4. The topological polar surface area (TPSA) is 55.6 Å². The Hall–Kier alpha value is -1.62. The van der Waals surface area contributed by atoms with Gasteiger partial charge in [0.25, 0.3) is 0 Å². The third-order valence-electron chi connectivity index (χ3n) is 3.26. The number of carbonyl (C=O) groups is 1. The predicted molar refractivity (Wildman–Crippen MR) is 67.2 cm³/mol. The fourth-order valence-electron chi connectivity index (χ4n) is 2.13. The molecule has 1 aromatic carbocycles. The van der Waals surface area contributed by atoms with Crippen LogP contribution in [0.4, 0.5) is 10.1 Å². The first-order valence-electron chi connectivity index (χ1n) is 6.00. The van der Waals surface area contributed by atoms with Crippen molar-refractivity contribution in [2.24, 2.45) is 5.73 Å². The van der Waals surface area contributed by atoms with Crippen molar-refractivity contribution < 1.29 is 13.9 Å². The molecule has 1 fully saturated rings. The molecule has 0 unspecified atom stereocenters. The van der Waals surface area contributed by atoms with Crippen LogP contribution >= 0.6 is 0 Å². The van der Waals surface area contributed by atoms with Gasteiger partial charge in [-0.1, -0.05) is 0 Å². The van der Waals surface area contributed by atoms with Gasteiger partial charge in [0, 0.05) is 24.8 Å². The summed E-state index contributed by atoms with van der Waals surface area (Å²) in [7, 11) is 1.24. The third kappa shape index (κ3) is 2.61. The van der Waals surface area contributed by atoms with Gasteiger partial charge in [0.2, 0.25) is 0 Å². The molecule has 1 heterocycles. The molecule has 0 aliphatic carbocycles. The number of hydrogen-bond donors (Lipinski definition) is 1. The van der Waals surface area contributed by atoms with E-state index in [0.717, 1.165) is 31.6 Å². The summed E-state index contributed by atoms with van der Waals surface area (Å²) in [5.74, 6) is -1.21. The lowest BCUT2D eigenvalue weighted by atomic mass is 10.0.